The maximum Gasteiger partial charge on any atom is 0.130 e. The molecule has 2 aromatic rings. The Hall–Kier alpha value is -1.52. The van der Waals surface area contributed by atoms with Crippen molar-refractivity contribution in [2.45, 2.75) is 12.5 Å². The van der Waals surface area contributed by atoms with E-state index in [0.29, 0.717) is 6.07 Å². The Morgan fingerprint density at radius 1 is 1.05 bits per heavy atom. The Bertz CT molecular complexity index is 581. The lowest BCUT2D eigenvalue weighted by molar-refractivity contribution is 0.172. The molecule has 1 nitrogen and oxygen atoms in total. The summed E-state index contributed by atoms with van der Waals surface area (Å²) >= 11 is 5.80. The van der Waals surface area contributed by atoms with Gasteiger partial charge in [-0.25, -0.2) is 13.2 Å². The highest BCUT2D eigenvalue weighted by Crippen LogP contribution is 2.28. The van der Waals surface area contributed by atoms with E-state index in [1.54, 1.807) is 0 Å². The SMILES string of the molecule is OC(Cc1ccc(F)cc1F)c1c(F)cccc1Cl. The second-order valence-electron chi connectivity index (χ2n) is 4.09. The van der Waals surface area contributed by atoms with Crippen LogP contribution < -0.4 is 0 Å². The average molecular weight is 287 g/mol. The number of benzene rings is 2. The summed E-state index contributed by atoms with van der Waals surface area (Å²) in [5.74, 6) is -2.16. The molecule has 2 rings (SSSR count). The van der Waals surface area contributed by atoms with Crippen LogP contribution in [0.1, 0.15) is 17.2 Å². The van der Waals surface area contributed by atoms with Gasteiger partial charge in [0.25, 0.3) is 0 Å². The van der Waals surface area contributed by atoms with Crippen molar-refractivity contribution in [3.8, 4) is 0 Å². The molecule has 100 valence electrons. The smallest absolute Gasteiger partial charge is 0.130 e. The fourth-order valence-electron chi connectivity index (χ4n) is 1.83. The van der Waals surface area contributed by atoms with Gasteiger partial charge in [0.2, 0.25) is 0 Å². The van der Waals surface area contributed by atoms with Crippen molar-refractivity contribution >= 4 is 11.6 Å². The highest BCUT2D eigenvalue weighted by atomic mass is 35.5. The van der Waals surface area contributed by atoms with E-state index in [4.69, 9.17) is 11.6 Å². The first kappa shape index (κ1) is 13.9. The quantitative estimate of drug-likeness (QED) is 0.903. The van der Waals surface area contributed by atoms with Crippen molar-refractivity contribution in [2.75, 3.05) is 0 Å². The molecule has 1 atom stereocenters. The van der Waals surface area contributed by atoms with Crippen molar-refractivity contribution in [3.63, 3.8) is 0 Å². The summed E-state index contributed by atoms with van der Waals surface area (Å²) in [4.78, 5) is 0. The first-order valence-corrected chi connectivity index (χ1v) is 5.92. The fourth-order valence-corrected chi connectivity index (χ4v) is 2.12. The molecule has 0 saturated heterocycles. The highest BCUT2D eigenvalue weighted by Gasteiger charge is 2.18. The number of hydrogen-bond donors (Lipinski definition) is 1. The second-order valence-corrected chi connectivity index (χ2v) is 4.50. The van der Waals surface area contributed by atoms with E-state index in [1.807, 2.05) is 0 Å². The zero-order chi connectivity index (χ0) is 14.0. The molecule has 0 aromatic heterocycles. The summed E-state index contributed by atoms with van der Waals surface area (Å²) in [6, 6.07) is 7.00. The molecule has 19 heavy (non-hydrogen) atoms. The number of halogens is 4. The normalized spacial score (nSPS) is 12.5. The molecule has 0 fully saturated rings. The van der Waals surface area contributed by atoms with Crippen LogP contribution >= 0.6 is 11.6 Å². The van der Waals surface area contributed by atoms with Gasteiger partial charge >= 0.3 is 0 Å². The Labute approximate surface area is 113 Å². The Kier molecular flexibility index (Phi) is 4.12. The molecule has 0 aliphatic rings. The van der Waals surface area contributed by atoms with Gasteiger partial charge in [0, 0.05) is 23.1 Å². The van der Waals surface area contributed by atoms with Crippen molar-refractivity contribution in [2.24, 2.45) is 0 Å². The first-order chi connectivity index (χ1) is 8.99. The van der Waals surface area contributed by atoms with Crippen molar-refractivity contribution in [3.05, 3.63) is 70.0 Å². The molecular formula is C14H10ClF3O. The molecule has 2 aromatic carbocycles. The molecule has 0 aliphatic heterocycles. The third-order valence-corrected chi connectivity index (χ3v) is 3.09. The van der Waals surface area contributed by atoms with Crippen LogP contribution in [0, 0.1) is 17.5 Å². The maximum absolute atomic E-state index is 13.6. The molecule has 0 aliphatic carbocycles. The monoisotopic (exact) mass is 286 g/mol. The third-order valence-electron chi connectivity index (χ3n) is 2.76. The summed E-state index contributed by atoms with van der Waals surface area (Å²) in [7, 11) is 0. The van der Waals surface area contributed by atoms with Crippen LogP contribution in [0.3, 0.4) is 0 Å². The lowest BCUT2D eigenvalue weighted by Gasteiger charge is -2.14. The zero-order valence-corrected chi connectivity index (χ0v) is 10.5. The van der Waals surface area contributed by atoms with Crippen molar-refractivity contribution < 1.29 is 18.3 Å². The molecule has 0 spiro atoms. The van der Waals surface area contributed by atoms with Crippen LogP contribution in [0.5, 0.6) is 0 Å². The van der Waals surface area contributed by atoms with E-state index in [2.05, 4.69) is 0 Å². The minimum absolute atomic E-state index is 0.0648. The zero-order valence-electron chi connectivity index (χ0n) is 9.71. The highest BCUT2D eigenvalue weighted by molar-refractivity contribution is 6.31. The van der Waals surface area contributed by atoms with Gasteiger partial charge in [0.05, 0.1) is 6.10 Å². The van der Waals surface area contributed by atoms with Crippen LogP contribution in [-0.4, -0.2) is 5.11 Å². The fraction of sp³-hybridized carbons (Fsp3) is 0.143. The van der Waals surface area contributed by atoms with E-state index >= 15 is 0 Å². The minimum Gasteiger partial charge on any atom is -0.388 e. The molecule has 0 bridgehead atoms. The molecule has 1 N–H and O–H groups in total. The van der Waals surface area contributed by atoms with Crippen LogP contribution in [0.2, 0.25) is 5.02 Å². The van der Waals surface area contributed by atoms with Crippen LogP contribution in [-0.2, 0) is 6.42 Å². The van der Waals surface area contributed by atoms with Gasteiger partial charge in [0.15, 0.2) is 0 Å². The first-order valence-electron chi connectivity index (χ1n) is 5.55. The topological polar surface area (TPSA) is 20.2 Å². The number of aliphatic hydroxyl groups is 1. The van der Waals surface area contributed by atoms with E-state index in [1.165, 1.54) is 18.2 Å². The standard InChI is InChI=1S/C14H10ClF3O/c15-10-2-1-3-11(17)14(10)13(19)6-8-4-5-9(16)7-12(8)18/h1-5,7,13,19H,6H2. The molecule has 0 radical (unpaired) electrons. The number of rotatable bonds is 3. The summed E-state index contributed by atoms with van der Waals surface area (Å²) in [6.45, 7) is 0. The summed E-state index contributed by atoms with van der Waals surface area (Å²) in [5.41, 5.74) is 0.00103. The van der Waals surface area contributed by atoms with Crippen molar-refractivity contribution in [1.29, 1.82) is 0 Å². The minimum atomic E-state index is -1.30. The van der Waals surface area contributed by atoms with Gasteiger partial charge in [-0.15, -0.1) is 0 Å². The van der Waals surface area contributed by atoms with Crippen molar-refractivity contribution in [1.82, 2.24) is 0 Å². The predicted octanol–water partition coefficient (Wildman–Crippen LogP) is 4.03. The Morgan fingerprint density at radius 3 is 2.42 bits per heavy atom. The van der Waals surface area contributed by atoms with Gasteiger partial charge in [-0.1, -0.05) is 23.7 Å². The maximum atomic E-state index is 13.6. The van der Waals surface area contributed by atoms with E-state index in [-0.39, 0.29) is 22.6 Å². The lowest BCUT2D eigenvalue weighted by Crippen LogP contribution is -2.07. The Morgan fingerprint density at radius 2 is 1.79 bits per heavy atom. The summed E-state index contributed by atoms with van der Waals surface area (Å²) in [6.07, 6.45) is -1.49. The number of hydrogen-bond acceptors (Lipinski definition) is 1. The van der Waals surface area contributed by atoms with Crippen LogP contribution in [0.25, 0.3) is 0 Å². The largest absolute Gasteiger partial charge is 0.388 e. The van der Waals surface area contributed by atoms with Crippen LogP contribution in [0.15, 0.2) is 36.4 Å². The van der Waals surface area contributed by atoms with Gasteiger partial charge in [0.1, 0.15) is 17.5 Å². The molecule has 5 heteroatoms. The molecule has 1 unspecified atom stereocenters. The van der Waals surface area contributed by atoms with E-state index in [9.17, 15) is 18.3 Å². The summed E-state index contributed by atoms with van der Waals surface area (Å²) in [5, 5.41) is 10.0. The van der Waals surface area contributed by atoms with Crippen LogP contribution in [0.4, 0.5) is 13.2 Å². The molecular weight excluding hydrogens is 277 g/mol. The average Bonchev–Trinajstić information content (AvgIpc) is 2.32. The molecule has 0 saturated carbocycles. The molecule has 0 heterocycles. The number of aliphatic hydroxyl groups excluding tert-OH is 1. The Balaban J connectivity index is 2.28. The van der Waals surface area contributed by atoms with Gasteiger partial charge in [-0.2, -0.15) is 0 Å². The van der Waals surface area contributed by atoms with Gasteiger partial charge in [-0.05, 0) is 23.8 Å². The third kappa shape index (κ3) is 3.08. The second kappa shape index (κ2) is 5.63. The van der Waals surface area contributed by atoms with Gasteiger partial charge < -0.3 is 5.11 Å². The molecule has 0 amide bonds. The van der Waals surface area contributed by atoms with E-state index < -0.39 is 23.6 Å². The summed E-state index contributed by atoms with van der Waals surface area (Å²) < 4.78 is 39.8. The lowest BCUT2D eigenvalue weighted by atomic mass is 10.0. The van der Waals surface area contributed by atoms with Gasteiger partial charge in [-0.3, -0.25) is 0 Å². The predicted molar refractivity (Wildman–Crippen MR) is 66.4 cm³/mol. The van der Waals surface area contributed by atoms with E-state index in [0.717, 1.165) is 12.1 Å².